The molecule has 0 bridgehead atoms. The first-order chi connectivity index (χ1) is 16.6. The number of H-pyrrole nitrogens is 1. The highest BCUT2D eigenvalue weighted by molar-refractivity contribution is 6.04. The fraction of sp³-hybridized carbons (Fsp3) is 0.407. The Morgan fingerprint density at radius 1 is 1.09 bits per heavy atom. The van der Waals surface area contributed by atoms with E-state index in [0.717, 1.165) is 41.4 Å². The lowest BCUT2D eigenvalue weighted by Gasteiger charge is -2.36. The number of aromatic amines is 1. The number of carbonyl (C=O) groups excluding carboxylic acids is 2. The summed E-state index contributed by atoms with van der Waals surface area (Å²) >= 11 is 0. The highest BCUT2D eigenvalue weighted by atomic mass is 19.4. The number of halogens is 3. The molecule has 35 heavy (non-hydrogen) atoms. The van der Waals surface area contributed by atoms with Crippen LogP contribution in [0.3, 0.4) is 0 Å². The van der Waals surface area contributed by atoms with Crippen molar-refractivity contribution in [2.45, 2.75) is 63.6 Å². The van der Waals surface area contributed by atoms with Gasteiger partial charge in [-0.1, -0.05) is 19.1 Å². The molecule has 2 aliphatic rings. The number of alkyl halides is 3. The Morgan fingerprint density at radius 2 is 1.77 bits per heavy atom. The van der Waals surface area contributed by atoms with E-state index in [2.05, 4.69) is 10.3 Å². The maximum Gasteiger partial charge on any atom is 0.416 e. The van der Waals surface area contributed by atoms with Crippen molar-refractivity contribution in [2.75, 3.05) is 5.32 Å². The Hall–Kier alpha value is -3.29. The van der Waals surface area contributed by atoms with Gasteiger partial charge in [-0.25, -0.2) is 0 Å². The molecule has 1 aromatic heterocycles. The predicted octanol–water partition coefficient (Wildman–Crippen LogP) is 6.60. The minimum Gasteiger partial charge on any atom is -0.490 e. The Kier molecular flexibility index (Phi) is 5.85. The Morgan fingerprint density at radius 3 is 2.43 bits per heavy atom. The van der Waals surface area contributed by atoms with Gasteiger partial charge in [0, 0.05) is 35.4 Å². The Balaban J connectivity index is 1.22. The molecule has 184 valence electrons. The second-order valence-electron chi connectivity index (χ2n) is 9.99. The number of carbonyl (C=O) groups is 2. The van der Waals surface area contributed by atoms with Gasteiger partial charge in [0.15, 0.2) is 0 Å². The summed E-state index contributed by atoms with van der Waals surface area (Å²) in [6.07, 6.45) is 0.853. The number of ether oxygens (including phenoxy) is 1. The fourth-order valence-corrected chi connectivity index (χ4v) is 4.93. The van der Waals surface area contributed by atoms with Gasteiger partial charge in [-0.3, -0.25) is 9.59 Å². The van der Waals surface area contributed by atoms with Crippen LogP contribution in [0, 0.1) is 5.41 Å². The molecule has 2 N–H and O–H groups in total. The third-order valence-electron chi connectivity index (χ3n) is 7.47. The van der Waals surface area contributed by atoms with Crippen LogP contribution in [0.4, 0.5) is 18.9 Å². The highest BCUT2D eigenvalue weighted by Gasteiger charge is 2.37. The molecule has 5 rings (SSSR count). The van der Waals surface area contributed by atoms with Crippen LogP contribution in [0.5, 0.6) is 5.75 Å². The quantitative estimate of drug-likeness (QED) is 0.429. The topological polar surface area (TPSA) is 71.2 Å². The van der Waals surface area contributed by atoms with Crippen molar-refractivity contribution < 1.29 is 27.5 Å². The summed E-state index contributed by atoms with van der Waals surface area (Å²) < 4.78 is 44.5. The number of ketones is 1. The van der Waals surface area contributed by atoms with E-state index in [1.165, 1.54) is 0 Å². The van der Waals surface area contributed by atoms with Gasteiger partial charge < -0.3 is 15.0 Å². The van der Waals surface area contributed by atoms with E-state index in [4.69, 9.17) is 4.74 Å². The molecular formula is C27H27F3N2O3. The lowest BCUT2D eigenvalue weighted by molar-refractivity contribution is -0.137. The van der Waals surface area contributed by atoms with Crippen LogP contribution in [0.15, 0.2) is 48.7 Å². The lowest BCUT2D eigenvalue weighted by Crippen LogP contribution is -2.37. The lowest BCUT2D eigenvalue weighted by atomic mass is 9.74. The Bertz CT molecular complexity index is 1250. The number of nitrogens with one attached hydrogen (secondary N) is 2. The van der Waals surface area contributed by atoms with Gasteiger partial charge in [0.2, 0.25) is 5.91 Å². The number of anilines is 1. The van der Waals surface area contributed by atoms with Crippen LogP contribution in [-0.4, -0.2) is 22.8 Å². The van der Waals surface area contributed by atoms with Crippen molar-refractivity contribution >= 4 is 28.3 Å². The molecule has 0 aliphatic heterocycles. The van der Waals surface area contributed by atoms with Crippen molar-refractivity contribution in [3.05, 3.63) is 59.8 Å². The van der Waals surface area contributed by atoms with E-state index in [1.54, 1.807) is 18.3 Å². The normalized spacial score (nSPS) is 22.0. The smallest absolute Gasteiger partial charge is 0.416 e. The zero-order valence-electron chi connectivity index (χ0n) is 19.4. The molecule has 0 unspecified atom stereocenters. The average Bonchev–Trinajstić information content (AvgIpc) is 3.19. The summed E-state index contributed by atoms with van der Waals surface area (Å²) in [5, 5.41) is 3.86. The number of hydrogen-bond donors (Lipinski definition) is 2. The van der Waals surface area contributed by atoms with Crippen LogP contribution in [0.2, 0.25) is 0 Å². The van der Waals surface area contributed by atoms with Gasteiger partial charge >= 0.3 is 6.18 Å². The van der Waals surface area contributed by atoms with Crippen molar-refractivity contribution in [3.63, 3.8) is 0 Å². The maximum atomic E-state index is 13.0. The van der Waals surface area contributed by atoms with E-state index in [-0.39, 0.29) is 23.7 Å². The first-order valence-electron chi connectivity index (χ1n) is 11.9. The van der Waals surface area contributed by atoms with E-state index < -0.39 is 17.2 Å². The van der Waals surface area contributed by atoms with Crippen LogP contribution >= 0.6 is 0 Å². The number of Topliss-reactive ketones (excluding diaryl/α,β-unsaturated/α-hetero) is 1. The molecule has 2 aliphatic carbocycles. The number of hydrogen-bond acceptors (Lipinski definition) is 3. The van der Waals surface area contributed by atoms with Crippen LogP contribution < -0.4 is 10.1 Å². The highest BCUT2D eigenvalue weighted by Crippen LogP contribution is 2.41. The number of rotatable bonds is 5. The summed E-state index contributed by atoms with van der Waals surface area (Å²) in [6.45, 7) is 1.90. The largest absolute Gasteiger partial charge is 0.490 e. The number of benzene rings is 2. The molecule has 5 nitrogen and oxygen atoms in total. The van der Waals surface area contributed by atoms with Gasteiger partial charge in [0.1, 0.15) is 11.5 Å². The first-order valence-corrected chi connectivity index (χ1v) is 11.9. The summed E-state index contributed by atoms with van der Waals surface area (Å²) in [5.74, 6) is 0.977. The van der Waals surface area contributed by atoms with Gasteiger partial charge in [-0.05, 0) is 67.5 Å². The van der Waals surface area contributed by atoms with Gasteiger partial charge in [-0.2, -0.15) is 13.2 Å². The summed E-state index contributed by atoms with van der Waals surface area (Å²) in [7, 11) is 0. The maximum absolute atomic E-state index is 13.0. The van der Waals surface area contributed by atoms with E-state index in [1.807, 2.05) is 25.1 Å². The third-order valence-corrected chi connectivity index (χ3v) is 7.47. The van der Waals surface area contributed by atoms with Crippen molar-refractivity contribution in [2.24, 2.45) is 5.41 Å². The molecule has 2 saturated carbocycles. The standard InChI is InChI=1S/C27H27F3N2O3/c1-26(10-8-19(33)9-11-26)25(34)32-24-15-31-23-7-6-20(14-22(23)24)35-21-12-17(13-21)16-2-4-18(5-3-16)27(28,29)30/h2-7,14-15,17,21,31H,8-13H2,1H3,(H,32,34)/t17-,21-. The monoisotopic (exact) mass is 484 g/mol. The summed E-state index contributed by atoms with van der Waals surface area (Å²) in [4.78, 5) is 27.7. The molecule has 2 aromatic carbocycles. The van der Waals surface area contributed by atoms with Crippen molar-refractivity contribution in [1.82, 2.24) is 4.98 Å². The second kappa shape index (κ2) is 8.73. The average molecular weight is 485 g/mol. The number of amides is 1. The second-order valence-corrected chi connectivity index (χ2v) is 9.99. The van der Waals surface area contributed by atoms with E-state index in [9.17, 15) is 22.8 Å². The number of fused-ring (bicyclic) bond motifs is 1. The molecule has 3 aromatic rings. The van der Waals surface area contributed by atoms with E-state index in [0.29, 0.717) is 37.1 Å². The van der Waals surface area contributed by atoms with Crippen molar-refractivity contribution in [3.8, 4) is 5.75 Å². The van der Waals surface area contributed by atoms with Gasteiger partial charge in [-0.15, -0.1) is 0 Å². The molecule has 1 amide bonds. The first kappa shape index (κ1) is 23.5. The predicted molar refractivity (Wildman–Crippen MR) is 126 cm³/mol. The molecule has 0 atom stereocenters. The molecule has 2 fully saturated rings. The third kappa shape index (κ3) is 4.79. The van der Waals surface area contributed by atoms with E-state index >= 15 is 0 Å². The van der Waals surface area contributed by atoms with Gasteiger partial charge in [0.25, 0.3) is 0 Å². The molecule has 0 saturated heterocycles. The minimum absolute atomic E-state index is 0.0181. The zero-order chi connectivity index (χ0) is 24.8. The molecule has 1 heterocycles. The molecule has 8 heteroatoms. The Labute approximate surface area is 201 Å². The molecular weight excluding hydrogens is 457 g/mol. The summed E-state index contributed by atoms with van der Waals surface area (Å²) in [5.41, 5.74) is 1.23. The van der Waals surface area contributed by atoms with Crippen molar-refractivity contribution in [1.29, 1.82) is 0 Å². The molecule has 0 radical (unpaired) electrons. The number of aromatic nitrogens is 1. The molecule has 0 spiro atoms. The van der Waals surface area contributed by atoms with Crippen LogP contribution in [-0.2, 0) is 15.8 Å². The van der Waals surface area contributed by atoms with Gasteiger partial charge in [0.05, 0.1) is 17.4 Å². The van der Waals surface area contributed by atoms with Crippen LogP contribution in [0.1, 0.15) is 62.5 Å². The van der Waals surface area contributed by atoms with Crippen LogP contribution in [0.25, 0.3) is 10.9 Å². The zero-order valence-corrected chi connectivity index (χ0v) is 19.4. The minimum atomic E-state index is -4.33. The SMILES string of the molecule is CC1(C(=O)Nc2c[nH]c3ccc(O[C@H]4C[C@H](c5ccc(C(F)(F)F)cc5)C4)cc23)CCC(=O)CC1. The fourth-order valence-electron chi connectivity index (χ4n) is 4.93. The summed E-state index contributed by atoms with van der Waals surface area (Å²) in [6, 6.07) is 11.0.